The van der Waals surface area contributed by atoms with E-state index in [1.807, 2.05) is 4.90 Å². The number of nitrogens with one attached hydrogen (secondary N) is 1. The van der Waals surface area contributed by atoms with Crippen LogP contribution in [0.5, 0.6) is 0 Å². The highest BCUT2D eigenvalue weighted by Crippen LogP contribution is 2.36. The quantitative estimate of drug-likeness (QED) is 0.822. The van der Waals surface area contributed by atoms with Gasteiger partial charge in [0.05, 0.1) is 5.92 Å². The third-order valence-corrected chi connectivity index (χ3v) is 5.62. The van der Waals surface area contributed by atoms with Crippen molar-refractivity contribution in [3.05, 3.63) is 0 Å². The Hall–Kier alpha value is -1.26. The lowest BCUT2D eigenvalue weighted by molar-refractivity contribution is -0.143. The van der Waals surface area contributed by atoms with Crippen LogP contribution in [0.3, 0.4) is 0 Å². The van der Waals surface area contributed by atoms with Crippen LogP contribution in [-0.2, 0) is 4.79 Å². The van der Waals surface area contributed by atoms with E-state index in [2.05, 4.69) is 5.32 Å². The van der Waals surface area contributed by atoms with E-state index in [4.69, 9.17) is 5.11 Å². The second-order valence-corrected chi connectivity index (χ2v) is 6.94. The molecule has 2 amide bonds. The Morgan fingerprint density at radius 2 is 1.81 bits per heavy atom. The number of urea groups is 1. The minimum atomic E-state index is -0.720. The largest absolute Gasteiger partial charge is 0.481 e. The molecule has 2 aliphatic carbocycles. The highest BCUT2D eigenvalue weighted by molar-refractivity contribution is 5.75. The lowest BCUT2D eigenvalue weighted by Gasteiger charge is -2.34. The molecule has 1 heterocycles. The van der Waals surface area contributed by atoms with Crippen LogP contribution in [0.15, 0.2) is 0 Å². The topological polar surface area (TPSA) is 69.6 Å². The fourth-order valence-corrected chi connectivity index (χ4v) is 4.46. The zero-order valence-corrected chi connectivity index (χ0v) is 12.6. The first-order valence-corrected chi connectivity index (χ1v) is 8.45. The van der Waals surface area contributed by atoms with Crippen molar-refractivity contribution in [3.63, 3.8) is 0 Å². The molecule has 1 aliphatic heterocycles. The molecular weight excluding hydrogens is 268 g/mol. The Bertz CT molecular complexity index is 412. The fraction of sp³-hybridized carbons (Fsp3) is 0.875. The van der Waals surface area contributed by atoms with Gasteiger partial charge in [0.1, 0.15) is 0 Å². The normalized spacial score (nSPS) is 36.1. The second-order valence-electron chi connectivity index (χ2n) is 6.94. The maximum Gasteiger partial charge on any atom is 0.317 e. The van der Waals surface area contributed by atoms with Crippen molar-refractivity contribution in [1.29, 1.82) is 0 Å². The summed E-state index contributed by atoms with van der Waals surface area (Å²) in [5.41, 5.74) is 0. The molecule has 3 fully saturated rings. The molecular formula is C16H26N2O3. The van der Waals surface area contributed by atoms with E-state index in [1.54, 1.807) is 0 Å². The molecule has 0 aromatic carbocycles. The van der Waals surface area contributed by atoms with Gasteiger partial charge in [-0.3, -0.25) is 4.79 Å². The van der Waals surface area contributed by atoms with Crippen molar-refractivity contribution in [2.45, 2.75) is 69.9 Å². The van der Waals surface area contributed by atoms with E-state index >= 15 is 0 Å². The van der Waals surface area contributed by atoms with E-state index in [0.717, 1.165) is 38.6 Å². The number of carboxylic acid groups (broad SMARTS) is 1. The average Bonchev–Trinajstić information content (AvgIpc) is 2.91. The number of hydrogen-bond donors (Lipinski definition) is 2. The molecule has 0 radical (unpaired) electrons. The average molecular weight is 294 g/mol. The molecule has 4 atom stereocenters. The molecule has 0 aromatic rings. The SMILES string of the molecule is O=C(O)C1CCCC(NC(=O)N2CCC3CCCCC32)C1. The van der Waals surface area contributed by atoms with Crippen molar-refractivity contribution < 1.29 is 14.7 Å². The number of aliphatic carboxylic acids is 1. The van der Waals surface area contributed by atoms with Gasteiger partial charge in [-0.05, 0) is 44.4 Å². The maximum atomic E-state index is 12.5. The van der Waals surface area contributed by atoms with Gasteiger partial charge in [-0.2, -0.15) is 0 Å². The summed E-state index contributed by atoms with van der Waals surface area (Å²) in [7, 11) is 0. The first kappa shape index (κ1) is 14.7. The van der Waals surface area contributed by atoms with Gasteiger partial charge in [0.15, 0.2) is 0 Å². The lowest BCUT2D eigenvalue weighted by atomic mass is 9.85. The van der Waals surface area contributed by atoms with Crippen LogP contribution in [0.4, 0.5) is 4.79 Å². The molecule has 3 rings (SSSR count). The molecule has 0 spiro atoms. The van der Waals surface area contributed by atoms with E-state index < -0.39 is 5.97 Å². The van der Waals surface area contributed by atoms with Crippen LogP contribution in [0.1, 0.15) is 57.8 Å². The Morgan fingerprint density at radius 1 is 1.00 bits per heavy atom. The molecule has 2 saturated carbocycles. The van der Waals surface area contributed by atoms with Crippen LogP contribution in [0.25, 0.3) is 0 Å². The van der Waals surface area contributed by atoms with Crippen LogP contribution in [0, 0.1) is 11.8 Å². The van der Waals surface area contributed by atoms with Gasteiger partial charge in [-0.1, -0.05) is 19.3 Å². The molecule has 0 bridgehead atoms. The summed E-state index contributed by atoms with van der Waals surface area (Å²) in [4.78, 5) is 25.6. The van der Waals surface area contributed by atoms with Gasteiger partial charge in [0, 0.05) is 18.6 Å². The molecule has 5 heteroatoms. The zero-order valence-electron chi connectivity index (χ0n) is 12.6. The van der Waals surface area contributed by atoms with E-state index in [9.17, 15) is 9.59 Å². The predicted octanol–water partition coefficient (Wildman–Crippen LogP) is 2.60. The fourth-order valence-electron chi connectivity index (χ4n) is 4.46. The zero-order chi connectivity index (χ0) is 14.8. The smallest absolute Gasteiger partial charge is 0.317 e. The Morgan fingerprint density at radius 3 is 2.62 bits per heavy atom. The molecule has 118 valence electrons. The number of amides is 2. The minimum absolute atomic E-state index is 0.0370. The first-order chi connectivity index (χ1) is 10.1. The Kier molecular flexibility index (Phi) is 4.36. The van der Waals surface area contributed by atoms with E-state index in [-0.39, 0.29) is 18.0 Å². The standard InChI is InChI=1S/C16H26N2O3/c19-15(20)12-5-3-6-13(10-12)17-16(21)18-9-8-11-4-1-2-7-14(11)18/h11-14H,1-10H2,(H,17,21)(H,19,20). The van der Waals surface area contributed by atoms with Crippen molar-refractivity contribution in [3.8, 4) is 0 Å². The van der Waals surface area contributed by atoms with E-state index in [1.165, 1.54) is 19.3 Å². The number of carbonyl (C=O) groups excluding carboxylic acids is 1. The van der Waals surface area contributed by atoms with Gasteiger partial charge in [-0.25, -0.2) is 4.79 Å². The van der Waals surface area contributed by atoms with Crippen LogP contribution in [-0.4, -0.2) is 40.6 Å². The summed E-state index contributed by atoms with van der Waals surface area (Å²) in [5, 5.41) is 12.2. The summed E-state index contributed by atoms with van der Waals surface area (Å²) in [6, 6.07) is 0.507. The highest BCUT2D eigenvalue weighted by atomic mass is 16.4. The van der Waals surface area contributed by atoms with Crippen molar-refractivity contribution in [2.24, 2.45) is 11.8 Å². The third-order valence-electron chi connectivity index (χ3n) is 5.62. The molecule has 3 aliphatic rings. The monoisotopic (exact) mass is 294 g/mol. The lowest BCUT2D eigenvalue weighted by Crippen LogP contribution is -2.49. The molecule has 5 nitrogen and oxygen atoms in total. The van der Waals surface area contributed by atoms with Crippen molar-refractivity contribution in [1.82, 2.24) is 10.2 Å². The molecule has 2 N–H and O–H groups in total. The number of fused-ring (bicyclic) bond motifs is 1. The first-order valence-electron chi connectivity index (χ1n) is 8.45. The predicted molar refractivity (Wildman–Crippen MR) is 79.0 cm³/mol. The Labute approximate surface area is 126 Å². The maximum absolute atomic E-state index is 12.5. The summed E-state index contributed by atoms with van der Waals surface area (Å²) in [6.45, 7) is 0.871. The summed E-state index contributed by atoms with van der Waals surface area (Å²) >= 11 is 0. The van der Waals surface area contributed by atoms with Gasteiger partial charge in [-0.15, -0.1) is 0 Å². The Balaban J connectivity index is 1.55. The number of hydrogen-bond acceptors (Lipinski definition) is 2. The summed E-state index contributed by atoms with van der Waals surface area (Å²) < 4.78 is 0. The summed E-state index contributed by atoms with van der Waals surface area (Å²) in [5.74, 6) is -0.310. The number of carboxylic acids is 1. The third kappa shape index (κ3) is 3.16. The number of likely N-dealkylation sites (tertiary alicyclic amines) is 1. The van der Waals surface area contributed by atoms with Crippen molar-refractivity contribution >= 4 is 12.0 Å². The van der Waals surface area contributed by atoms with Gasteiger partial charge >= 0.3 is 12.0 Å². The van der Waals surface area contributed by atoms with Crippen molar-refractivity contribution in [2.75, 3.05) is 6.54 Å². The van der Waals surface area contributed by atoms with Gasteiger partial charge in [0.2, 0.25) is 0 Å². The molecule has 4 unspecified atom stereocenters. The number of nitrogens with zero attached hydrogens (tertiary/aromatic N) is 1. The van der Waals surface area contributed by atoms with Crippen LogP contribution < -0.4 is 5.32 Å². The summed E-state index contributed by atoms with van der Waals surface area (Å²) in [6.07, 6.45) is 9.22. The van der Waals surface area contributed by atoms with Gasteiger partial charge < -0.3 is 15.3 Å². The molecule has 0 aromatic heterocycles. The minimum Gasteiger partial charge on any atom is -0.481 e. The highest BCUT2D eigenvalue weighted by Gasteiger charge is 2.39. The van der Waals surface area contributed by atoms with Crippen LogP contribution >= 0.6 is 0 Å². The number of carbonyl (C=O) groups is 2. The second kappa shape index (κ2) is 6.24. The van der Waals surface area contributed by atoms with E-state index in [0.29, 0.717) is 18.4 Å². The molecule has 1 saturated heterocycles. The van der Waals surface area contributed by atoms with Crippen LogP contribution in [0.2, 0.25) is 0 Å². The molecule has 21 heavy (non-hydrogen) atoms. The number of rotatable bonds is 2. The van der Waals surface area contributed by atoms with Gasteiger partial charge in [0.25, 0.3) is 0 Å².